The summed E-state index contributed by atoms with van der Waals surface area (Å²) < 4.78 is 5.84. The van der Waals surface area contributed by atoms with Crippen molar-refractivity contribution in [2.75, 3.05) is 6.61 Å². The molecule has 0 aromatic carbocycles. The molecule has 180 valence electrons. The highest BCUT2D eigenvalue weighted by atomic mass is 16.5. The van der Waals surface area contributed by atoms with Crippen LogP contribution in [0.5, 0.6) is 0 Å². The van der Waals surface area contributed by atoms with Crippen molar-refractivity contribution in [2.24, 2.45) is 40.9 Å². The van der Waals surface area contributed by atoms with E-state index in [1.165, 1.54) is 51.4 Å². The molecule has 2 aliphatic carbocycles. The zero-order valence-corrected chi connectivity index (χ0v) is 20.8. The lowest BCUT2D eigenvalue weighted by atomic mass is 9.57. The fourth-order valence-corrected chi connectivity index (χ4v) is 6.56. The van der Waals surface area contributed by atoms with Crippen molar-refractivity contribution in [2.45, 2.75) is 112 Å². The average molecular weight is 437 g/mol. The molecule has 2 fully saturated rings. The Morgan fingerprint density at radius 1 is 0.935 bits per heavy atom. The van der Waals surface area contributed by atoms with Crippen molar-refractivity contribution >= 4 is 11.9 Å². The topological polar surface area (TPSA) is 63.6 Å². The van der Waals surface area contributed by atoms with E-state index in [1.807, 2.05) is 6.92 Å². The highest BCUT2D eigenvalue weighted by Crippen LogP contribution is 2.50. The second kappa shape index (κ2) is 12.3. The van der Waals surface area contributed by atoms with Gasteiger partial charge in [-0.15, -0.1) is 0 Å². The molecule has 0 saturated heterocycles. The standard InChI is InChI=1S/C27H48O4/c1-6-7-8-9-10-11-15-23-19(2)16-17-21(27(23,4)5)18-31-26(30)22-14-12-13-20(3)24(22)25(28)29/h19-24H,6-18H2,1-5H3,(H,28,29). The highest BCUT2D eigenvalue weighted by Gasteiger charge is 2.45. The Bertz CT molecular complexity index is 570. The Kier molecular flexibility index (Phi) is 10.4. The molecule has 2 aliphatic rings. The van der Waals surface area contributed by atoms with E-state index in [2.05, 4.69) is 27.7 Å². The average Bonchev–Trinajstić information content (AvgIpc) is 2.71. The van der Waals surface area contributed by atoms with Gasteiger partial charge in [0, 0.05) is 0 Å². The summed E-state index contributed by atoms with van der Waals surface area (Å²) in [6.45, 7) is 11.8. The second-order valence-corrected chi connectivity index (χ2v) is 11.2. The van der Waals surface area contributed by atoms with E-state index >= 15 is 0 Å². The monoisotopic (exact) mass is 436 g/mol. The maximum Gasteiger partial charge on any atom is 0.309 e. The first-order chi connectivity index (χ1) is 14.7. The number of carbonyl (C=O) groups excluding carboxylic acids is 1. The molecule has 4 nitrogen and oxygen atoms in total. The molecule has 0 aromatic heterocycles. The van der Waals surface area contributed by atoms with E-state index in [0.717, 1.165) is 19.3 Å². The Morgan fingerprint density at radius 2 is 1.61 bits per heavy atom. The molecule has 0 bridgehead atoms. The molecule has 2 saturated carbocycles. The minimum atomic E-state index is -0.847. The summed E-state index contributed by atoms with van der Waals surface area (Å²) >= 11 is 0. The van der Waals surface area contributed by atoms with Gasteiger partial charge in [-0.2, -0.15) is 0 Å². The van der Waals surface area contributed by atoms with Crippen molar-refractivity contribution < 1.29 is 19.4 Å². The lowest BCUT2D eigenvalue weighted by molar-refractivity contribution is -0.165. The number of carboxylic acid groups (broad SMARTS) is 1. The zero-order valence-electron chi connectivity index (χ0n) is 20.8. The molecule has 0 aromatic rings. The number of aliphatic carboxylic acids is 1. The van der Waals surface area contributed by atoms with Crippen LogP contribution in [0.3, 0.4) is 0 Å². The summed E-state index contributed by atoms with van der Waals surface area (Å²) in [7, 11) is 0. The Morgan fingerprint density at radius 3 is 2.29 bits per heavy atom. The molecule has 0 amide bonds. The molecular formula is C27H48O4. The fraction of sp³-hybridized carbons (Fsp3) is 0.926. The Hall–Kier alpha value is -1.06. The fourth-order valence-electron chi connectivity index (χ4n) is 6.56. The SMILES string of the molecule is CCCCCCCCC1C(C)CCC(COC(=O)C2CCCC(C)C2C(=O)O)C1(C)C. The minimum absolute atomic E-state index is 0.0393. The normalized spacial score (nSPS) is 33.1. The number of hydrogen-bond acceptors (Lipinski definition) is 3. The number of hydrogen-bond donors (Lipinski definition) is 1. The van der Waals surface area contributed by atoms with Gasteiger partial charge in [-0.25, -0.2) is 0 Å². The summed E-state index contributed by atoms with van der Waals surface area (Å²) in [5.41, 5.74) is 0.146. The lowest BCUT2D eigenvalue weighted by Gasteiger charge is -2.48. The molecule has 31 heavy (non-hydrogen) atoms. The van der Waals surface area contributed by atoms with Crippen molar-refractivity contribution in [3.63, 3.8) is 0 Å². The third-order valence-corrected chi connectivity index (χ3v) is 8.77. The van der Waals surface area contributed by atoms with Crippen LogP contribution in [0, 0.1) is 40.9 Å². The van der Waals surface area contributed by atoms with E-state index in [0.29, 0.717) is 30.8 Å². The first kappa shape index (κ1) is 26.2. The second-order valence-electron chi connectivity index (χ2n) is 11.2. The molecular weight excluding hydrogens is 388 g/mol. The molecule has 0 aliphatic heterocycles. The maximum absolute atomic E-state index is 12.9. The molecule has 1 N–H and O–H groups in total. The minimum Gasteiger partial charge on any atom is -0.481 e. The van der Waals surface area contributed by atoms with Crippen molar-refractivity contribution in [3.8, 4) is 0 Å². The van der Waals surface area contributed by atoms with E-state index in [9.17, 15) is 14.7 Å². The van der Waals surface area contributed by atoms with Crippen LogP contribution in [0.15, 0.2) is 0 Å². The van der Waals surface area contributed by atoms with Crippen LogP contribution in [0.2, 0.25) is 0 Å². The summed E-state index contributed by atoms with van der Waals surface area (Å²) in [6, 6.07) is 0. The summed E-state index contributed by atoms with van der Waals surface area (Å²) in [5.74, 6) is -0.419. The number of carbonyl (C=O) groups is 2. The van der Waals surface area contributed by atoms with E-state index in [-0.39, 0.29) is 17.3 Å². The van der Waals surface area contributed by atoms with Crippen LogP contribution in [-0.2, 0) is 14.3 Å². The van der Waals surface area contributed by atoms with Gasteiger partial charge < -0.3 is 9.84 Å². The quantitative estimate of drug-likeness (QED) is 0.277. The third kappa shape index (κ3) is 6.96. The zero-order chi connectivity index (χ0) is 23.0. The van der Waals surface area contributed by atoms with Crippen molar-refractivity contribution in [1.29, 1.82) is 0 Å². The number of esters is 1. The molecule has 6 unspecified atom stereocenters. The van der Waals surface area contributed by atoms with Gasteiger partial charge in [0.2, 0.25) is 0 Å². The van der Waals surface area contributed by atoms with Crippen LogP contribution in [0.25, 0.3) is 0 Å². The number of carboxylic acids is 1. The molecule has 6 atom stereocenters. The Labute approximate surface area is 190 Å². The predicted molar refractivity (Wildman–Crippen MR) is 126 cm³/mol. The van der Waals surface area contributed by atoms with Crippen LogP contribution in [0.1, 0.15) is 112 Å². The highest BCUT2D eigenvalue weighted by molar-refractivity contribution is 5.81. The van der Waals surface area contributed by atoms with Gasteiger partial charge in [0.1, 0.15) is 0 Å². The van der Waals surface area contributed by atoms with E-state index < -0.39 is 17.8 Å². The third-order valence-electron chi connectivity index (χ3n) is 8.77. The molecule has 0 heterocycles. The van der Waals surface area contributed by atoms with Gasteiger partial charge in [-0.1, -0.05) is 86.0 Å². The summed E-state index contributed by atoms with van der Waals surface area (Å²) in [4.78, 5) is 24.6. The smallest absolute Gasteiger partial charge is 0.309 e. The van der Waals surface area contributed by atoms with E-state index in [1.54, 1.807) is 0 Å². The summed E-state index contributed by atoms with van der Waals surface area (Å²) in [5, 5.41) is 9.63. The lowest BCUT2D eigenvalue weighted by Crippen LogP contribution is -2.44. The van der Waals surface area contributed by atoms with E-state index in [4.69, 9.17) is 4.74 Å². The van der Waals surface area contributed by atoms with Crippen molar-refractivity contribution in [1.82, 2.24) is 0 Å². The molecule has 0 radical (unpaired) electrons. The van der Waals surface area contributed by atoms with Gasteiger partial charge in [0.15, 0.2) is 0 Å². The number of rotatable bonds is 11. The number of ether oxygens (including phenoxy) is 1. The van der Waals surface area contributed by atoms with Gasteiger partial charge in [0.25, 0.3) is 0 Å². The molecule has 0 spiro atoms. The van der Waals surface area contributed by atoms with Gasteiger partial charge in [-0.05, 0) is 54.8 Å². The van der Waals surface area contributed by atoms with Crippen molar-refractivity contribution in [3.05, 3.63) is 0 Å². The summed E-state index contributed by atoms with van der Waals surface area (Å²) in [6.07, 6.45) is 14.0. The molecule has 4 heteroatoms. The van der Waals surface area contributed by atoms with Crippen LogP contribution in [-0.4, -0.2) is 23.7 Å². The Balaban J connectivity index is 1.90. The maximum atomic E-state index is 12.9. The van der Waals surface area contributed by atoms with Gasteiger partial charge in [0.05, 0.1) is 18.4 Å². The van der Waals surface area contributed by atoms with Gasteiger partial charge in [-0.3, -0.25) is 9.59 Å². The van der Waals surface area contributed by atoms with Crippen LogP contribution in [0.4, 0.5) is 0 Å². The number of unbranched alkanes of at least 4 members (excludes halogenated alkanes) is 5. The first-order valence-electron chi connectivity index (χ1n) is 13.1. The van der Waals surface area contributed by atoms with Crippen LogP contribution >= 0.6 is 0 Å². The first-order valence-corrected chi connectivity index (χ1v) is 13.1. The van der Waals surface area contributed by atoms with Crippen LogP contribution < -0.4 is 0 Å². The predicted octanol–water partition coefficient (Wildman–Crippen LogP) is 7.11. The van der Waals surface area contributed by atoms with Gasteiger partial charge >= 0.3 is 11.9 Å². The molecule has 2 rings (SSSR count). The largest absolute Gasteiger partial charge is 0.481 e.